The summed E-state index contributed by atoms with van der Waals surface area (Å²) in [6.07, 6.45) is 0.883. The molecule has 2 N–H and O–H groups in total. The van der Waals surface area contributed by atoms with E-state index in [4.69, 9.17) is 10.6 Å². The van der Waals surface area contributed by atoms with Gasteiger partial charge in [-0.1, -0.05) is 35.0 Å². The summed E-state index contributed by atoms with van der Waals surface area (Å²) in [4.78, 5) is 5.29. The van der Waals surface area contributed by atoms with Crippen LogP contribution in [-0.4, -0.2) is 12.3 Å². The maximum Gasteiger partial charge on any atom is 0.157 e. The van der Waals surface area contributed by atoms with Crippen LogP contribution < -0.4 is 5.73 Å². The van der Waals surface area contributed by atoms with E-state index < -0.39 is 0 Å². The van der Waals surface area contributed by atoms with Crippen molar-refractivity contribution in [2.24, 2.45) is 10.9 Å². The molecular weight excluding hydrogens is 176 g/mol. The first kappa shape index (κ1) is 9.21. The molecular formula is C11H14N2O. The van der Waals surface area contributed by atoms with Crippen LogP contribution in [-0.2, 0) is 4.84 Å². The van der Waals surface area contributed by atoms with Gasteiger partial charge in [-0.05, 0) is 12.5 Å². The average molecular weight is 190 g/mol. The van der Waals surface area contributed by atoms with Crippen LogP contribution >= 0.6 is 0 Å². The second-order valence-corrected chi connectivity index (χ2v) is 3.57. The van der Waals surface area contributed by atoms with Crippen LogP contribution in [0.1, 0.15) is 23.7 Å². The highest BCUT2D eigenvalue weighted by Crippen LogP contribution is 2.26. The SMILES string of the molecule is Cc1ccc(C2CC(CN)=NO2)cc1. The van der Waals surface area contributed by atoms with E-state index in [0.717, 1.165) is 12.1 Å². The van der Waals surface area contributed by atoms with Crippen molar-refractivity contribution in [2.75, 3.05) is 6.54 Å². The molecule has 0 saturated carbocycles. The molecule has 3 heteroatoms. The molecule has 0 spiro atoms. The van der Waals surface area contributed by atoms with Crippen molar-refractivity contribution in [3.8, 4) is 0 Å². The van der Waals surface area contributed by atoms with E-state index in [2.05, 4.69) is 36.3 Å². The third-order valence-corrected chi connectivity index (χ3v) is 2.41. The largest absolute Gasteiger partial charge is 0.387 e. The summed E-state index contributed by atoms with van der Waals surface area (Å²) in [6, 6.07) is 8.32. The zero-order valence-electron chi connectivity index (χ0n) is 8.23. The lowest BCUT2D eigenvalue weighted by molar-refractivity contribution is 0.0857. The predicted molar refractivity (Wildman–Crippen MR) is 56.1 cm³/mol. The smallest absolute Gasteiger partial charge is 0.157 e. The maximum absolute atomic E-state index is 5.49. The molecule has 14 heavy (non-hydrogen) atoms. The van der Waals surface area contributed by atoms with E-state index >= 15 is 0 Å². The van der Waals surface area contributed by atoms with E-state index in [9.17, 15) is 0 Å². The third-order valence-electron chi connectivity index (χ3n) is 2.41. The summed E-state index contributed by atoms with van der Waals surface area (Å²) in [5, 5.41) is 3.93. The highest BCUT2D eigenvalue weighted by atomic mass is 16.6. The van der Waals surface area contributed by atoms with Gasteiger partial charge < -0.3 is 10.6 Å². The summed E-state index contributed by atoms with van der Waals surface area (Å²) in [5.74, 6) is 0. The third kappa shape index (κ3) is 1.77. The number of benzene rings is 1. The normalized spacial score (nSPS) is 20.4. The van der Waals surface area contributed by atoms with Crippen LogP contribution in [0.4, 0.5) is 0 Å². The molecule has 74 valence electrons. The molecule has 1 atom stereocenters. The second kappa shape index (κ2) is 3.80. The van der Waals surface area contributed by atoms with Crippen LogP contribution in [0.25, 0.3) is 0 Å². The number of nitrogens with two attached hydrogens (primary N) is 1. The molecule has 2 rings (SSSR count). The Bertz CT molecular complexity index is 343. The van der Waals surface area contributed by atoms with Gasteiger partial charge in [-0.2, -0.15) is 0 Å². The molecule has 0 amide bonds. The summed E-state index contributed by atoms with van der Waals surface area (Å²) in [6.45, 7) is 2.56. The van der Waals surface area contributed by atoms with Gasteiger partial charge in [-0.3, -0.25) is 0 Å². The molecule has 1 aliphatic rings. The van der Waals surface area contributed by atoms with Crippen molar-refractivity contribution < 1.29 is 4.84 Å². The first-order valence-electron chi connectivity index (χ1n) is 4.78. The van der Waals surface area contributed by atoms with E-state index in [0.29, 0.717) is 6.54 Å². The number of rotatable bonds is 2. The van der Waals surface area contributed by atoms with Crippen LogP contribution in [0.5, 0.6) is 0 Å². The molecule has 1 aliphatic heterocycles. The van der Waals surface area contributed by atoms with Crippen molar-refractivity contribution in [3.05, 3.63) is 35.4 Å². The summed E-state index contributed by atoms with van der Waals surface area (Å²) < 4.78 is 0. The van der Waals surface area contributed by atoms with E-state index in [-0.39, 0.29) is 6.10 Å². The van der Waals surface area contributed by atoms with Gasteiger partial charge in [-0.25, -0.2) is 0 Å². The molecule has 1 heterocycles. The van der Waals surface area contributed by atoms with Crippen molar-refractivity contribution in [1.82, 2.24) is 0 Å². The molecule has 0 bridgehead atoms. The maximum atomic E-state index is 5.49. The van der Waals surface area contributed by atoms with Gasteiger partial charge in [0.1, 0.15) is 0 Å². The Hall–Kier alpha value is -1.35. The highest BCUT2D eigenvalue weighted by molar-refractivity contribution is 5.87. The van der Waals surface area contributed by atoms with Gasteiger partial charge >= 0.3 is 0 Å². The molecule has 1 aromatic carbocycles. The van der Waals surface area contributed by atoms with Gasteiger partial charge in [0.25, 0.3) is 0 Å². The Morgan fingerprint density at radius 1 is 1.43 bits per heavy atom. The monoisotopic (exact) mass is 190 g/mol. The van der Waals surface area contributed by atoms with E-state index in [1.54, 1.807) is 0 Å². The highest BCUT2D eigenvalue weighted by Gasteiger charge is 2.21. The summed E-state index contributed by atoms with van der Waals surface area (Å²) in [7, 11) is 0. The quantitative estimate of drug-likeness (QED) is 0.772. The molecule has 0 saturated heterocycles. The standard InChI is InChI=1S/C11H14N2O/c1-8-2-4-9(5-3-8)11-6-10(7-12)13-14-11/h2-5,11H,6-7,12H2,1H3. The van der Waals surface area contributed by atoms with Gasteiger partial charge in [0.2, 0.25) is 0 Å². The summed E-state index contributed by atoms with van der Waals surface area (Å²) in [5.41, 5.74) is 8.85. The molecule has 0 fully saturated rings. The molecule has 1 aromatic rings. The Kier molecular flexibility index (Phi) is 2.50. The first-order valence-corrected chi connectivity index (χ1v) is 4.78. The first-order chi connectivity index (χ1) is 6.79. The Balaban J connectivity index is 2.08. The molecule has 0 aliphatic carbocycles. The minimum Gasteiger partial charge on any atom is -0.387 e. The number of hydrogen-bond donors (Lipinski definition) is 1. The number of nitrogens with zero attached hydrogens (tertiary/aromatic N) is 1. The molecule has 0 radical (unpaired) electrons. The van der Waals surface area contributed by atoms with E-state index in [1.807, 2.05) is 0 Å². The fourth-order valence-electron chi connectivity index (χ4n) is 1.51. The lowest BCUT2D eigenvalue weighted by Crippen LogP contribution is -2.12. The van der Waals surface area contributed by atoms with Crippen LogP contribution in [0.15, 0.2) is 29.4 Å². The van der Waals surface area contributed by atoms with Gasteiger partial charge in [0.15, 0.2) is 6.10 Å². The lowest BCUT2D eigenvalue weighted by atomic mass is 10.0. The average Bonchev–Trinajstić information content (AvgIpc) is 2.67. The Morgan fingerprint density at radius 3 is 2.71 bits per heavy atom. The molecule has 0 aromatic heterocycles. The van der Waals surface area contributed by atoms with Crippen molar-refractivity contribution in [3.63, 3.8) is 0 Å². The van der Waals surface area contributed by atoms with Gasteiger partial charge in [-0.15, -0.1) is 0 Å². The molecule has 3 nitrogen and oxygen atoms in total. The zero-order valence-corrected chi connectivity index (χ0v) is 8.23. The number of hydrogen-bond acceptors (Lipinski definition) is 3. The second-order valence-electron chi connectivity index (χ2n) is 3.57. The number of aryl methyl sites for hydroxylation is 1. The fraction of sp³-hybridized carbons (Fsp3) is 0.364. The minimum absolute atomic E-state index is 0.0640. The lowest BCUT2D eigenvalue weighted by Gasteiger charge is -2.08. The zero-order chi connectivity index (χ0) is 9.97. The number of oxime groups is 1. The fourth-order valence-corrected chi connectivity index (χ4v) is 1.51. The van der Waals surface area contributed by atoms with Crippen LogP contribution in [0.2, 0.25) is 0 Å². The van der Waals surface area contributed by atoms with Crippen LogP contribution in [0, 0.1) is 6.92 Å². The Labute approximate surface area is 83.6 Å². The predicted octanol–water partition coefficient (Wildman–Crippen LogP) is 1.77. The van der Waals surface area contributed by atoms with Crippen molar-refractivity contribution in [2.45, 2.75) is 19.4 Å². The summed E-state index contributed by atoms with van der Waals surface area (Å²) >= 11 is 0. The minimum atomic E-state index is 0.0640. The van der Waals surface area contributed by atoms with E-state index in [1.165, 1.54) is 11.1 Å². The van der Waals surface area contributed by atoms with Crippen molar-refractivity contribution in [1.29, 1.82) is 0 Å². The Morgan fingerprint density at radius 2 is 2.14 bits per heavy atom. The van der Waals surface area contributed by atoms with Gasteiger partial charge in [0, 0.05) is 13.0 Å². The van der Waals surface area contributed by atoms with Crippen molar-refractivity contribution >= 4 is 5.71 Å². The van der Waals surface area contributed by atoms with Crippen LogP contribution in [0.3, 0.4) is 0 Å². The molecule has 1 unspecified atom stereocenters. The van der Waals surface area contributed by atoms with Gasteiger partial charge in [0.05, 0.1) is 5.71 Å². The topological polar surface area (TPSA) is 47.6 Å².